The highest BCUT2D eigenvalue weighted by molar-refractivity contribution is 6.33. The number of hydrogen-bond donors (Lipinski definition) is 1. The number of benzene rings is 3. The first-order valence-electron chi connectivity index (χ1n) is 13.1. The standard InChI is InChI=1S/C31H32ClFN4O2/c1-35(2)25-13-11-22(12-14-25)30(38)34-28(21-7-4-3-5-8-21)15-16-36-17-23-19-37(20-24(23)18-36)31(39)29-26(32)9-6-10-27(29)33/h3-14,19,24,28H,15-18,20H2,1-2H3,(H,34,38)/t24?,28-/m0/s1. The van der Waals surface area contributed by atoms with E-state index in [0.717, 1.165) is 42.9 Å². The molecule has 0 bridgehead atoms. The molecule has 0 spiro atoms. The van der Waals surface area contributed by atoms with Gasteiger partial charge in [-0.3, -0.25) is 14.5 Å². The van der Waals surface area contributed by atoms with Crippen LogP contribution in [-0.2, 0) is 0 Å². The maximum absolute atomic E-state index is 14.3. The molecule has 0 aromatic heterocycles. The van der Waals surface area contributed by atoms with Crippen molar-refractivity contribution >= 4 is 29.1 Å². The van der Waals surface area contributed by atoms with Crippen molar-refractivity contribution in [1.82, 2.24) is 15.1 Å². The fourth-order valence-corrected chi connectivity index (χ4v) is 5.57. The molecule has 2 atom stereocenters. The van der Waals surface area contributed by atoms with E-state index in [9.17, 15) is 14.0 Å². The fraction of sp³-hybridized carbons (Fsp3) is 0.290. The van der Waals surface area contributed by atoms with Crippen molar-refractivity contribution in [2.24, 2.45) is 5.92 Å². The summed E-state index contributed by atoms with van der Waals surface area (Å²) >= 11 is 6.11. The van der Waals surface area contributed by atoms with Crippen LogP contribution in [-0.4, -0.2) is 61.9 Å². The highest BCUT2D eigenvalue weighted by Crippen LogP contribution is 2.32. The minimum Gasteiger partial charge on any atom is -0.378 e. The lowest BCUT2D eigenvalue weighted by Gasteiger charge is -2.24. The summed E-state index contributed by atoms with van der Waals surface area (Å²) in [6.07, 6.45) is 2.60. The molecular formula is C31H32ClFN4O2. The number of hydrogen-bond acceptors (Lipinski definition) is 4. The van der Waals surface area contributed by atoms with Gasteiger partial charge in [-0.05, 0) is 54.0 Å². The first kappa shape index (κ1) is 26.9. The Balaban J connectivity index is 1.22. The van der Waals surface area contributed by atoms with Crippen LogP contribution >= 0.6 is 11.6 Å². The predicted octanol–water partition coefficient (Wildman–Crippen LogP) is 5.38. The third-order valence-electron chi connectivity index (χ3n) is 7.47. The van der Waals surface area contributed by atoms with Crippen LogP contribution in [0, 0.1) is 11.7 Å². The number of rotatable bonds is 8. The number of nitrogens with one attached hydrogen (secondary N) is 1. The average molecular weight is 547 g/mol. The molecule has 2 heterocycles. The van der Waals surface area contributed by atoms with E-state index in [1.54, 1.807) is 4.90 Å². The van der Waals surface area contributed by atoms with Crippen molar-refractivity contribution in [3.8, 4) is 0 Å². The van der Waals surface area contributed by atoms with E-state index < -0.39 is 11.7 Å². The molecule has 1 fully saturated rings. The number of fused-ring (bicyclic) bond motifs is 1. The van der Waals surface area contributed by atoms with E-state index in [-0.39, 0.29) is 28.5 Å². The summed E-state index contributed by atoms with van der Waals surface area (Å²) in [6, 6.07) is 21.8. The van der Waals surface area contributed by atoms with Crippen LogP contribution in [0.1, 0.15) is 38.7 Å². The predicted molar refractivity (Wildman–Crippen MR) is 152 cm³/mol. The van der Waals surface area contributed by atoms with Crippen LogP contribution in [0.25, 0.3) is 0 Å². The first-order chi connectivity index (χ1) is 18.8. The maximum atomic E-state index is 14.3. The lowest BCUT2D eigenvalue weighted by molar-refractivity contribution is 0.0816. The smallest absolute Gasteiger partial charge is 0.262 e. The molecule has 0 aliphatic carbocycles. The average Bonchev–Trinajstić information content (AvgIpc) is 3.50. The molecule has 0 saturated carbocycles. The summed E-state index contributed by atoms with van der Waals surface area (Å²) in [6.45, 7) is 2.85. The van der Waals surface area contributed by atoms with Gasteiger partial charge in [0, 0.05) is 63.6 Å². The molecule has 2 amide bonds. The highest BCUT2D eigenvalue weighted by Gasteiger charge is 2.36. The molecule has 8 heteroatoms. The number of halogens is 2. The third kappa shape index (κ3) is 6.00. The topological polar surface area (TPSA) is 55.9 Å². The van der Waals surface area contributed by atoms with Gasteiger partial charge in [0.2, 0.25) is 0 Å². The summed E-state index contributed by atoms with van der Waals surface area (Å²) in [5.74, 6) is -0.903. The summed E-state index contributed by atoms with van der Waals surface area (Å²) < 4.78 is 14.3. The largest absolute Gasteiger partial charge is 0.378 e. The Kier molecular flexibility index (Phi) is 8.00. The van der Waals surface area contributed by atoms with Gasteiger partial charge in [-0.15, -0.1) is 0 Å². The molecule has 39 heavy (non-hydrogen) atoms. The zero-order valence-electron chi connectivity index (χ0n) is 22.1. The zero-order valence-corrected chi connectivity index (χ0v) is 22.9. The second kappa shape index (κ2) is 11.6. The van der Waals surface area contributed by atoms with Crippen LogP contribution in [0.15, 0.2) is 84.6 Å². The Morgan fingerprint density at radius 2 is 1.77 bits per heavy atom. The van der Waals surface area contributed by atoms with Gasteiger partial charge in [-0.25, -0.2) is 4.39 Å². The lowest BCUT2D eigenvalue weighted by atomic mass is 10.0. The molecular weight excluding hydrogens is 515 g/mol. The fourth-order valence-electron chi connectivity index (χ4n) is 5.32. The lowest BCUT2D eigenvalue weighted by Crippen LogP contribution is -2.33. The number of nitrogens with zero attached hydrogens (tertiary/aromatic N) is 3. The molecule has 3 aromatic rings. The molecule has 1 N–H and O–H groups in total. The Labute approximate surface area is 233 Å². The highest BCUT2D eigenvalue weighted by atomic mass is 35.5. The van der Waals surface area contributed by atoms with Crippen molar-refractivity contribution in [3.05, 3.63) is 112 Å². The van der Waals surface area contributed by atoms with Crippen LogP contribution in [0.2, 0.25) is 5.02 Å². The molecule has 2 aliphatic heterocycles. The molecule has 6 nitrogen and oxygen atoms in total. The maximum Gasteiger partial charge on any atom is 0.262 e. The number of carbonyl (C=O) groups excluding carboxylic acids is 2. The molecule has 5 rings (SSSR count). The van der Waals surface area contributed by atoms with Gasteiger partial charge < -0.3 is 15.1 Å². The van der Waals surface area contributed by atoms with E-state index >= 15 is 0 Å². The van der Waals surface area contributed by atoms with Crippen molar-refractivity contribution in [1.29, 1.82) is 0 Å². The second-order valence-electron chi connectivity index (χ2n) is 10.4. The Bertz CT molecular complexity index is 1360. The molecule has 1 unspecified atom stereocenters. The van der Waals surface area contributed by atoms with Crippen molar-refractivity contribution in [2.45, 2.75) is 12.5 Å². The summed E-state index contributed by atoms with van der Waals surface area (Å²) in [5, 5.41) is 3.35. The summed E-state index contributed by atoms with van der Waals surface area (Å²) in [4.78, 5) is 32.0. The number of amides is 2. The van der Waals surface area contributed by atoms with Gasteiger partial charge in [0.25, 0.3) is 11.8 Å². The van der Waals surface area contributed by atoms with Crippen LogP contribution < -0.4 is 10.2 Å². The minimum absolute atomic E-state index is 0.0781. The van der Waals surface area contributed by atoms with E-state index in [1.807, 2.05) is 79.8 Å². The van der Waals surface area contributed by atoms with Crippen LogP contribution in [0.5, 0.6) is 0 Å². The van der Waals surface area contributed by atoms with E-state index in [1.165, 1.54) is 18.2 Å². The number of carbonyl (C=O) groups is 2. The Morgan fingerprint density at radius 3 is 2.44 bits per heavy atom. The normalized spacial score (nSPS) is 17.5. The van der Waals surface area contributed by atoms with E-state index in [2.05, 4.69) is 10.2 Å². The van der Waals surface area contributed by atoms with Gasteiger partial charge in [-0.1, -0.05) is 48.0 Å². The van der Waals surface area contributed by atoms with Gasteiger partial charge >= 0.3 is 0 Å². The van der Waals surface area contributed by atoms with E-state index in [4.69, 9.17) is 11.6 Å². The molecule has 1 saturated heterocycles. The third-order valence-corrected chi connectivity index (χ3v) is 7.79. The van der Waals surface area contributed by atoms with E-state index in [0.29, 0.717) is 12.1 Å². The van der Waals surface area contributed by atoms with Gasteiger partial charge in [0.1, 0.15) is 5.82 Å². The minimum atomic E-state index is -0.604. The quantitative estimate of drug-likeness (QED) is 0.412. The monoisotopic (exact) mass is 546 g/mol. The van der Waals surface area contributed by atoms with Crippen molar-refractivity contribution < 1.29 is 14.0 Å². The molecule has 0 radical (unpaired) electrons. The Morgan fingerprint density at radius 1 is 1.03 bits per heavy atom. The SMILES string of the molecule is CN(C)c1ccc(C(=O)N[C@@H](CCN2CC3=CN(C(=O)c4c(F)cccc4Cl)CC3C2)c2ccccc2)cc1. The zero-order chi connectivity index (χ0) is 27.5. The molecule has 202 valence electrons. The second-order valence-corrected chi connectivity index (χ2v) is 10.8. The molecule has 2 aliphatic rings. The van der Waals surface area contributed by atoms with Crippen molar-refractivity contribution in [3.63, 3.8) is 0 Å². The summed E-state index contributed by atoms with van der Waals surface area (Å²) in [7, 11) is 3.94. The van der Waals surface area contributed by atoms with Crippen LogP contribution in [0.3, 0.4) is 0 Å². The van der Waals surface area contributed by atoms with Gasteiger partial charge in [0.05, 0.1) is 16.6 Å². The van der Waals surface area contributed by atoms with Gasteiger partial charge in [0.15, 0.2) is 0 Å². The number of anilines is 1. The first-order valence-corrected chi connectivity index (χ1v) is 13.5. The molecule has 3 aromatic carbocycles. The van der Waals surface area contributed by atoms with Crippen molar-refractivity contribution in [2.75, 3.05) is 45.2 Å². The summed E-state index contributed by atoms with van der Waals surface area (Å²) in [5.41, 5.74) is 3.81. The van der Waals surface area contributed by atoms with Gasteiger partial charge in [-0.2, -0.15) is 0 Å². The Hall–Kier alpha value is -3.68. The number of likely N-dealkylation sites (tertiary alicyclic amines) is 1. The van der Waals surface area contributed by atoms with Crippen LogP contribution in [0.4, 0.5) is 10.1 Å².